The lowest BCUT2D eigenvalue weighted by Gasteiger charge is -2.18. The maximum absolute atomic E-state index is 12.6. The first kappa shape index (κ1) is 16.5. The van der Waals surface area contributed by atoms with Crippen LogP contribution in [0.15, 0.2) is 30.6 Å². The highest BCUT2D eigenvalue weighted by Crippen LogP contribution is 2.27. The fourth-order valence-corrected chi connectivity index (χ4v) is 3.00. The Morgan fingerprint density at radius 2 is 2.21 bits per heavy atom. The molecular weight excluding hydrogens is 328 g/mol. The number of hydrogen-bond acceptors (Lipinski definition) is 3. The van der Waals surface area contributed by atoms with E-state index in [-0.39, 0.29) is 17.9 Å². The summed E-state index contributed by atoms with van der Waals surface area (Å²) in [6.45, 7) is 2.56. The van der Waals surface area contributed by atoms with Gasteiger partial charge in [-0.3, -0.25) is 14.3 Å². The molecule has 1 saturated heterocycles. The normalized spacial score (nSPS) is 15.6. The average molecular weight is 347 g/mol. The molecule has 0 spiro atoms. The Labute approximate surface area is 145 Å². The molecule has 126 valence electrons. The topological polar surface area (TPSA) is 67.2 Å². The van der Waals surface area contributed by atoms with Crippen LogP contribution in [0.5, 0.6) is 0 Å². The predicted octanol–water partition coefficient (Wildman–Crippen LogP) is 2.69. The van der Waals surface area contributed by atoms with E-state index in [2.05, 4.69) is 10.4 Å². The third kappa shape index (κ3) is 3.28. The van der Waals surface area contributed by atoms with Gasteiger partial charge in [-0.25, -0.2) is 0 Å². The van der Waals surface area contributed by atoms with Crippen LogP contribution in [-0.4, -0.2) is 28.1 Å². The zero-order chi connectivity index (χ0) is 17.3. The van der Waals surface area contributed by atoms with E-state index in [0.717, 1.165) is 12.0 Å². The van der Waals surface area contributed by atoms with E-state index in [1.807, 2.05) is 20.2 Å². The maximum Gasteiger partial charge on any atom is 0.253 e. The minimum Gasteiger partial charge on any atom is -0.345 e. The summed E-state index contributed by atoms with van der Waals surface area (Å²) >= 11 is 6.19. The van der Waals surface area contributed by atoms with E-state index in [0.29, 0.717) is 29.2 Å². The molecule has 0 saturated carbocycles. The molecule has 1 aliphatic heterocycles. The highest BCUT2D eigenvalue weighted by molar-refractivity contribution is 6.34. The molecule has 0 unspecified atom stereocenters. The molecule has 0 aliphatic carbocycles. The number of nitrogens with one attached hydrogen (secondary N) is 1. The number of carbonyl (C=O) groups is 2. The number of rotatable bonds is 4. The first-order valence-electron chi connectivity index (χ1n) is 7.85. The molecule has 1 aliphatic rings. The van der Waals surface area contributed by atoms with Crippen molar-refractivity contribution in [3.8, 4) is 0 Å². The largest absolute Gasteiger partial charge is 0.345 e. The lowest BCUT2D eigenvalue weighted by atomic mass is 10.1. The van der Waals surface area contributed by atoms with Gasteiger partial charge in [0.15, 0.2) is 0 Å². The molecule has 1 atom stereocenters. The van der Waals surface area contributed by atoms with Crippen molar-refractivity contribution in [1.82, 2.24) is 15.1 Å². The van der Waals surface area contributed by atoms with Gasteiger partial charge in [-0.15, -0.1) is 0 Å². The first-order valence-corrected chi connectivity index (χ1v) is 8.23. The van der Waals surface area contributed by atoms with Crippen LogP contribution in [0.2, 0.25) is 5.02 Å². The number of aromatic nitrogens is 2. The van der Waals surface area contributed by atoms with Crippen molar-refractivity contribution in [1.29, 1.82) is 0 Å². The minimum atomic E-state index is -0.273. The SMILES string of the molecule is C[C@H](NC(=O)c1cc(N2CCCC2=O)ccc1Cl)c1cnn(C)c1. The number of carbonyl (C=O) groups excluding carboxylic acids is 2. The number of anilines is 1. The van der Waals surface area contributed by atoms with Gasteiger partial charge in [0.2, 0.25) is 5.91 Å². The van der Waals surface area contributed by atoms with E-state index in [4.69, 9.17) is 11.6 Å². The molecule has 1 N–H and O–H groups in total. The number of aryl methyl sites for hydroxylation is 1. The lowest BCUT2D eigenvalue weighted by molar-refractivity contribution is -0.117. The molecule has 6 nitrogen and oxygen atoms in total. The Kier molecular flexibility index (Phi) is 4.57. The maximum atomic E-state index is 12.6. The van der Waals surface area contributed by atoms with Gasteiger partial charge in [0.05, 0.1) is 22.8 Å². The molecule has 7 heteroatoms. The smallest absolute Gasteiger partial charge is 0.253 e. The monoisotopic (exact) mass is 346 g/mol. The molecule has 1 aromatic carbocycles. The molecule has 1 fully saturated rings. The quantitative estimate of drug-likeness (QED) is 0.925. The first-order chi connectivity index (χ1) is 11.5. The molecule has 3 rings (SSSR count). The van der Waals surface area contributed by atoms with Crippen LogP contribution in [0, 0.1) is 0 Å². The fourth-order valence-electron chi connectivity index (χ4n) is 2.80. The van der Waals surface area contributed by atoms with Crippen molar-refractivity contribution in [3.05, 3.63) is 46.7 Å². The zero-order valence-electron chi connectivity index (χ0n) is 13.6. The van der Waals surface area contributed by atoms with Crippen LogP contribution in [-0.2, 0) is 11.8 Å². The summed E-state index contributed by atoms with van der Waals surface area (Å²) in [5, 5.41) is 7.38. The fraction of sp³-hybridized carbons (Fsp3) is 0.353. The number of halogens is 1. The number of amides is 2. The third-order valence-corrected chi connectivity index (χ3v) is 4.48. The van der Waals surface area contributed by atoms with Crippen LogP contribution in [0.3, 0.4) is 0 Å². The van der Waals surface area contributed by atoms with E-state index in [1.54, 1.807) is 34.0 Å². The summed E-state index contributed by atoms with van der Waals surface area (Å²) in [7, 11) is 1.82. The Bertz CT molecular complexity index is 787. The Balaban J connectivity index is 1.80. The predicted molar refractivity (Wildman–Crippen MR) is 92.1 cm³/mol. The molecule has 2 amide bonds. The lowest BCUT2D eigenvalue weighted by Crippen LogP contribution is -2.28. The van der Waals surface area contributed by atoms with Gasteiger partial charge in [0.25, 0.3) is 5.91 Å². The van der Waals surface area contributed by atoms with E-state index in [1.165, 1.54) is 0 Å². The van der Waals surface area contributed by atoms with Crippen molar-refractivity contribution in [2.24, 2.45) is 7.05 Å². The van der Waals surface area contributed by atoms with Crippen LogP contribution in [0.4, 0.5) is 5.69 Å². The Morgan fingerprint density at radius 3 is 2.83 bits per heavy atom. The molecule has 0 bridgehead atoms. The van der Waals surface area contributed by atoms with Gasteiger partial charge in [-0.1, -0.05) is 11.6 Å². The zero-order valence-corrected chi connectivity index (χ0v) is 14.4. The summed E-state index contributed by atoms with van der Waals surface area (Å²) in [6.07, 6.45) is 4.95. The molecular formula is C17H19ClN4O2. The van der Waals surface area contributed by atoms with E-state index < -0.39 is 0 Å². The van der Waals surface area contributed by atoms with Crippen LogP contribution < -0.4 is 10.2 Å². The van der Waals surface area contributed by atoms with Crippen molar-refractivity contribution >= 4 is 29.1 Å². The third-order valence-electron chi connectivity index (χ3n) is 4.15. The second kappa shape index (κ2) is 6.65. The highest BCUT2D eigenvalue weighted by Gasteiger charge is 2.23. The van der Waals surface area contributed by atoms with Gasteiger partial charge in [0.1, 0.15) is 0 Å². The highest BCUT2D eigenvalue weighted by atomic mass is 35.5. The average Bonchev–Trinajstić information content (AvgIpc) is 3.16. The number of hydrogen-bond donors (Lipinski definition) is 1. The Morgan fingerprint density at radius 1 is 1.42 bits per heavy atom. The summed E-state index contributed by atoms with van der Waals surface area (Å²) in [5.41, 5.74) is 1.98. The molecule has 1 aromatic heterocycles. The second-order valence-electron chi connectivity index (χ2n) is 5.96. The molecule has 2 aromatic rings. The summed E-state index contributed by atoms with van der Waals surface area (Å²) in [6, 6.07) is 4.91. The van der Waals surface area contributed by atoms with Crippen LogP contribution in [0.1, 0.15) is 41.7 Å². The van der Waals surface area contributed by atoms with E-state index >= 15 is 0 Å². The van der Waals surface area contributed by atoms with Gasteiger partial charge >= 0.3 is 0 Å². The van der Waals surface area contributed by atoms with Gasteiger partial charge in [-0.05, 0) is 31.5 Å². The van der Waals surface area contributed by atoms with Gasteiger partial charge in [-0.2, -0.15) is 5.10 Å². The summed E-state index contributed by atoms with van der Waals surface area (Å²) in [4.78, 5) is 26.2. The Hall–Kier alpha value is -2.34. The van der Waals surface area contributed by atoms with Crippen molar-refractivity contribution < 1.29 is 9.59 Å². The standard InChI is InChI=1S/C17H19ClN4O2/c1-11(12-9-19-21(2)10-12)20-17(24)14-8-13(5-6-15(14)18)22-7-3-4-16(22)23/h5-6,8-11H,3-4,7H2,1-2H3,(H,20,24)/t11-/m0/s1. The molecule has 2 heterocycles. The van der Waals surface area contributed by atoms with Crippen LogP contribution in [0.25, 0.3) is 0 Å². The van der Waals surface area contributed by atoms with Crippen LogP contribution >= 0.6 is 11.6 Å². The van der Waals surface area contributed by atoms with Crippen molar-refractivity contribution in [3.63, 3.8) is 0 Å². The van der Waals surface area contributed by atoms with Gasteiger partial charge < -0.3 is 10.2 Å². The van der Waals surface area contributed by atoms with Crippen molar-refractivity contribution in [2.75, 3.05) is 11.4 Å². The van der Waals surface area contributed by atoms with Gasteiger partial charge in [0, 0.05) is 37.5 Å². The van der Waals surface area contributed by atoms with E-state index in [9.17, 15) is 9.59 Å². The molecule has 24 heavy (non-hydrogen) atoms. The number of benzene rings is 1. The van der Waals surface area contributed by atoms with Crippen molar-refractivity contribution in [2.45, 2.75) is 25.8 Å². The minimum absolute atomic E-state index is 0.0763. The second-order valence-corrected chi connectivity index (χ2v) is 6.36. The molecule has 0 radical (unpaired) electrons. The summed E-state index contributed by atoms with van der Waals surface area (Å²) in [5.74, 6) is -0.197. The number of nitrogens with zero attached hydrogens (tertiary/aromatic N) is 3. The summed E-state index contributed by atoms with van der Waals surface area (Å²) < 4.78 is 1.69.